The Hall–Kier alpha value is -2.50. The lowest BCUT2D eigenvalue weighted by atomic mass is 9.84. The lowest BCUT2D eigenvalue weighted by Crippen LogP contribution is -2.34. The molecule has 2 aromatic carbocycles. The fraction of sp³-hybridized carbons (Fsp3) is 0.368. The van der Waals surface area contributed by atoms with Crippen LogP contribution in [0.15, 0.2) is 36.4 Å². The van der Waals surface area contributed by atoms with Gasteiger partial charge in [-0.2, -0.15) is 0 Å². The van der Waals surface area contributed by atoms with Crippen molar-refractivity contribution in [2.75, 3.05) is 13.2 Å². The predicted molar refractivity (Wildman–Crippen MR) is 90.1 cm³/mol. The van der Waals surface area contributed by atoms with Gasteiger partial charge in [0, 0.05) is 17.5 Å². The van der Waals surface area contributed by atoms with Gasteiger partial charge in [0.25, 0.3) is 0 Å². The molecule has 2 rings (SSSR count). The fourth-order valence-electron chi connectivity index (χ4n) is 2.33. The van der Waals surface area contributed by atoms with Crippen LogP contribution in [0.4, 0.5) is 8.78 Å². The molecule has 0 fully saturated rings. The van der Waals surface area contributed by atoms with Crippen LogP contribution in [0, 0.1) is 17.0 Å². The zero-order valence-electron chi connectivity index (χ0n) is 14.3. The van der Waals surface area contributed by atoms with Crippen LogP contribution in [-0.2, 0) is 0 Å². The van der Waals surface area contributed by atoms with Gasteiger partial charge in [0.15, 0.2) is 23.1 Å². The molecule has 0 unspecified atom stereocenters. The Kier molecular flexibility index (Phi) is 6.07. The van der Waals surface area contributed by atoms with E-state index in [4.69, 9.17) is 9.47 Å². The Morgan fingerprint density at radius 2 is 1.20 bits per heavy atom. The maximum Gasteiger partial charge on any atom is 0.168 e. The van der Waals surface area contributed by atoms with E-state index in [9.17, 15) is 19.0 Å². The van der Waals surface area contributed by atoms with Crippen molar-refractivity contribution in [2.45, 2.75) is 26.7 Å². The minimum atomic E-state index is -0.744. The van der Waals surface area contributed by atoms with E-state index in [0.717, 1.165) is 25.0 Å². The van der Waals surface area contributed by atoms with Gasteiger partial charge in [0.2, 0.25) is 0 Å². The highest BCUT2D eigenvalue weighted by Gasteiger charge is 2.29. The monoisotopic (exact) mass is 352 g/mol. The van der Waals surface area contributed by atoms with Gasteiger partial charge in [-0.05, 0) is 37.1 Å². The summed E-state index contributed by atoms with van der Waals surface area (Å²) < 4.78 is 38.1. The summed E-state index contributed by atoms with van der Waals surface area (Å²) in [4.78, 5) is 0. The van der Waals surface area contributed by atoms with Crippen molar-refractivity contribution >= 4 is 0 Å². The van der Waals surface area contributed by atoms with Gasteiger partial charge in [-0.3, -0.25) is 0 Å². The topological polar surface area (TPSA) is 58.9 Å². The summed E-state index contributed by atoms with van der Waals surface area (Å²) in [5, 5.41) is 18.4. The molecule has 0 atom stereocenters. The number of phenols is 2. The summed E-state index contributed by atoms with van der Waals surface area (Å²) in [7, 11) is 0. The lowest BCUT2D eigenvalue weighted by molar-refractivity contribution is 0.0701. The molecular weight excluding hydrogens is 330 g/mol. The molecule has 0 saturated heterocycles. The Labute approximate surface area is 145 Å². The van der Waals surface area contributed by atoms with E-state index >= 15 is 0 Å². The summed E-state index contributed by atoms with van der Waals surface area (Å²) in [6, 6.07) is 7.71. The highest BCUT2D eigenvalue weighted by molar-refractivity contribution is 5.33. The Bertz CT molecular complexity index is 657. The number of benzene rings is 2. The number of rotatable bonds is 8. The second-order valence-corrected chi connectivity index (χ2v) is 6.01. The number of hydrogen-bond acceptors (Lipinski definition) is 4. The van der Waals surface area contributed by atoms with Crippen molar-refractivity contribution in [1.82, 2.24) is 0 Å². The van der Waals surface area contributed by atoms with E-state index in [1.165, 1.54) is 24.3 Å². The van der Waals surface area contributed by atoms with Crippen LogP contribution in [0.2, 0.25) is 0 Å². The normalized spacial score (nSPS) is 11.4. The Morgan fingerprint density at radius 3 is 1.52 bits per heavy atom. The van der Waals surface area contributed by atoms with Crippen LogP contribution < -0.4 is 9.47 Å². The van der Waals surface area contributed by atoms with Gasteiger partial charge in [0.05, 0.1) is 13.2 Å². The standard InChI is InChI=1S/C19H22F2O4/c1-3-19(4-2,11-24-13-5-7-17(22)15(20)9-13)12-25-14-6-8-18(23)16(21)10-14/h5-10,22-23H,3-4,11-12H2,1-2H3. The Balaban J connectivity index is 2.03. The van der Waals surface area contributed by atoms with E-state index in [2.05, 4.69) is 0 Å². The van der Waals surface area contributed by atoms with Crippen LogP contribution in [0.25, 0.3) is 0 Å². The number of ether oxygens (including phenoxy) is 2. The number of phenolic OH excluding ortho intramolecular Hbond substituents is 2. The molecule has 136 valence electrons. The molecule has 4 nitrogen and oxygen atoms in total. The van der Waals surface area contributed by atoms with Crippen LogP contribution in [0.3, 0.4) is 0 Å². The zero-order chi connectivity index (χ0) is 18.4. The second-order valence-electron chi connectivity index (χ2n) is 6.01. The molecule has 6 heteroatoms. The SMILES string of the molecule is CCC(CC)(COc1ccc(O)c(F)c1)COc1ccc(O)c(F)c1. The van der Waals surface area contributed by atoms with E-state index in [1.54, 1.807) is 0 Å². The smallest absolute Gasteiger partial charge is 0.168 e. The van der Waals surface area contributed by atoms with Gasteiger partial charge >= 0.3 is 0 Å². The van der Waals surface area contributed by atoms with Crippen molar-refractivity contribution in [3.8, 4) is 23.0 Å². The molecule has 0 aromatic heterocycles. The first-order chi connectivity index (χ1) is 11.9. The molecule has 0 saturated carbocycles. The number of aromatic hydroxyl groups is 2. The number of hydrogen-bond donors (Lipinski definition) is 2. The third-order valence-electron chi connectivity index (χ3n) is 4.43. The largest absolute Gasteiger partial charge is 0.505 e. The summed E-state index contributed by atoms with van der Waals surface area (Å²) in [5.74, 6) is -1.71. The highest BCUT2D eigenvalue weighted by Crippen LogP contribution is 2.31. The third kappa shape index (κ3) is 4.75. The van der Waals surface area contributed by atoms with Gasteiger partial charge in [-0.1, -0.05) is 13.8 Å². The molecule has 0 bridgehead atoms. The first-order valence-corrected chi connectivity index (χ1v) is 8.12. The van der Waals surface area contributed by atoms with Crippen molar-refractivity contribution in [3.63, 3.8) is 0 Å². The summed E-state index contributed by atoms with van der Waals surface area (Å²) in [6.07, 6.45) is 1.48. The van der Waals surface area contributed by atoms with E-state index in [1.807, 2.05) is 13.8 Å². The fourth-order valence-corrected chi connectivity index (χ4v) is 2.33. The average molecular weight is 352 g/mol. The van der Waals surface area contributed by atoms with Crippen LogP contribution >= 0.6 is 0 Å². The van der Waals surface area contributed by atoms with Gasteiger partial charge in [-0.25, -0.2) is 8.78 Å². The molecule has 0 aliphatic heterocycles. The van der Waals surface area contributed by atoms with E-state index in [0.29, 0.717) is 11.5 Å². The lowest BCUT2D eigenvalue weighted by Gasteiger charge is -2.31. The second kappa shape index (κ2) is 8.05. The number of halogens is 2. The van der Waals surface area contributed by atoms with Crippen molar-refractivity contribution in [1.29, 1.82) is 0 Å². The zero-order valence-corrected chi connectivity index (χ0v) is 14.3. The quantitative estimate of drug-likeness (QED) is 0.727. The minimum Gasteiger partial charge on any atom is -0.505 e. The van der Waals surface area contributed by atoms with Crippen LogP contribution in [0.1, 0.15) is 26.7 Å². The molecule has 0 aliphatic carbocycles. The highest BCUT2D eigenvalue weighted by atomic mass is 19.1. The first kappa shape index (κ1) is 18.8. The van der Waals surface area contributed by atoms with E-state index < -0.39 is 23.1 Å². The van der Waals surface area contributed by atoms with Crippen molar-refractivity contribution in [3.05, 3.63) is 48.0 Å². The maximum atomic E-state index is 13.4. The maximum absolute atomic E-state index is 13.4. The molecule has 25 heavy (non-hydrogen) atoms. The average Bonchev–Trinajstić information content (AvgIpc) is 2.61. The predicted octanol–water partition coefficient (Wildman–Crippen LogP) is 4.64. The van der Waals surface area contributed by atoms with Gasteiger partial charge < -0.3 is 19.7 Å². The molecular formula is C19H22F2O4. The van der Waals surface area contributed by atoms with Gasteiger partial charge in [0.1, 0.15) is 11.5 Å². The van der Waals surface area contributed by atoms with Crippen molar-refractivity contribution in [2.24, 2.45) is 5.41 Å². The molecule has 0 radical (unpaired) electrons. The molecule has 0 aliphatic rings. The molecule has 0 heterocycles. The molecule has 0 spiro atoms. The summed E-state index contributed by atoms with van der Waals surface area (Å²) in [5.41, 5.74) is -0.345. The first-order valence-electron chi connectivity index (χ1n) is 8.12. The van der Waals surface area contributed by atoms with Crippen LogP contribution in [0.5, 0.6) is 23.0 Å². The summed E-state index contributed by atoms with van der Waals surface area (Å²) >= 11 is 0. The molecule has 0 amide bonds. The Morgan fingerprint density at radius 1 is 0.800 bits per heavy atom. The van der Waals surface area contributed by atoms with E-state index in [-0.39, 0.29) is 18.6 Å². The van der Waals surface area contributed by atoms with Crippen LogP contribution in [-0.4, -0.2) is 23.4 Å². The van der Waals surface area contributed by atoms with Crippen molar-refractivity contribution < 1.29 is 28.5 Å². The molecule has 2 N–H and O–H groups in total. The molecule has 2 aromatic rings. The minimum absolute atomic E-state index is 0.283. The summed E-state index contributed by atoms with van der Waals surface area (Å²) in [6.45, 7) is 4.55. The third-order valence-corrected chi connectivity index (χ3v) is 4.43. The van der Waals surface area contributed by atoms with Gasteiger partial charge in [-0.15, -0.1) is 0 Å².